The molecule has 0 saturated heterocycles. The van der Waals surface area contributed by atoms with E-state index in [2.05, 4.69) is 15.8 Å². The molecule has 14 heavy (non-hydrogen) atoms. The molecule has 8 heteroatoms. The van der Waals surface area contributed by atoms with Gasteiger partial charge in [-0.25, -0.2) is 9.36 Å². The van der Waals surface area contributed by atoms with Gasteiger partial charge in [0.15, 0.2) is 0 Å². The van der Waals surface area contributed by atoms with E-state index in [4.69, 9.17) is 9.79 Å². The Hall–Kier alpha value is 0.956. The normalized spacial score (nSPS) is 10.1. The number of hydrogen-bond donors (Lipinski definition) is 2. The Kier molecular flexibility index (Phi) is 11.4. The van der Waals surface area contributed by atoms with Gasteiger partial charge in [-0.15, -0.1) is 0 Å². The summed E-state index contributed by atoms with van der Waals surface area (Å²) in [5.41, 5.74) is 0. The topological polar surface area (TPSA) is 93.1 Å². The molecule has 0 aromatic heterocycles. The van der Waals surface area contributed by atoms with Crippen LogP contribution >= 0.6 is 7.82 Å². The van der Waals surface area contributed by atoms with Crippen molar-refractivity contribution < 1.29 is 28.4 Å². The van der Waals surface area contributed by atoms with Crippen LogP contribution in [-0.4, -0.2) is 80.4 Å². The van der Waals surface area contributed by atoms with Gasteiger partial charge in [-0.3, -0.25) is 4.52 Å². The van der Waals surface area contributed by atoms with Crippen molar-refractivity contribution in [2.75, 3.05) is 13.2 Å². The molecule has 0 aliphatic carbocycles. The number of rotatable bonds is 6. The van der Waals surface area contributed by atoms with Crippen molar-refractivity contribution in [2.24, 2.45) is 0 Å². The van der Waals surface area contributed by atoms with E-state index in [1.807, 2.05) is 0 Å². The number of phosphoric ester groups is 1. The summed E-state index contributed by atoms with van der Waals surface area (Å²) in [6.45, 7) is 3.06. The van der Waals surface area contributed by atoms with Crippen LogP contribution < -0.4 is 0 Å². The van der Waals surface area contributed by atoms with E-state index in [-0.39, 0.29) is 71.0 Å². The van der Waals surface area contributed by atoms with Crippen LogP contribution in [0.5, 0.6) is 0 Å². The molecule has 2 N–H and O–H groups in total. The van der Waals surface area contributed by atoms with Crippen LogP contribution in [0.4, 0.5) is 0 Å². The monoisotopic (exact) mass is 250 g/mol. The molecular formula is C6H12KO6P. The van der Waals surface area contributed by atoms with Crippen molar-refractivity contribution in [1.29, 1.82) is 0 Å². The number of esters is 1. The second-order valence-electron chi connectivity index (χ2n) is 2.05. The van der Waals surface area contributed by atoms with Gasteiger partial charge in [-0.2, -0.15) is 0 Å². The maximum absolute atomic E-state index is 10.4. The second-order valence-corrected chi connectivity index (χ2v) is 3.29. The molecule has 0 spiro atoms. The molecule has 0 heterocycles. The van der Waals surface area contributed by atoms with Gasteiger partial charge in [0.2, 0.25) is 0 Å². The molecule has 0 rings (SSSR count). The first-order valence-electron chi connectivity index (χ1n) is 3.45. The standard InChI is InChI=1S/C6H11O6P.K.H/c1-2-6(7)11-4-3-5-12-13(8,9)10;;/h2H,1,3-5H2,(H2,8,9,10);;. The molecular weight excluding hydrogens is 238 g/mol. The Morgan fingerprint density at radius 3 is 2.43 bits per heavy atom. The summed E-state index contributed by atoms with van der Waals surface area (Å²) >= 11 is 0. The fourth-order valence-corrected chi connectivity index (χ4v) is 0.841. The molecule has 0 saturated carbocycles. The predicted octanol–water partition coefficient (Wildman–Crippen LogP) is -0.434. The molecule has 78 valence electrons. The van der Waals surface area contributed by atoms with Crippen molar-refractivity contribution in [3.05, 3.63) is 12.7 Å². The van der Waals surface area contributed by atoms with Crippen molar-refractivity contribution in [1.82, 2.24) is 0 Å². The fourth-order valence-electron chi connectivity index (χ4n) is 0.474. The second kappa shape index (κ2) is 9.20. The molecule has 0 aliphatic rings. The third kappa shape index (κ3) is 13.0. The first-order valence-corrected chi connectivity index (χ1v) is 4.98. The van der Waals surface area contributed by atoms with Gasteiger partial charge in [0.05, 0.1) is 13.2 Å². The van der Waals surface area contributed by atoms with Crippen molar-refractivity contribution in [2.45, 2.75) is 6.42 Å². The molecule has 0 aromatic carbocycles. The van der Waals surface area contributed by atoms with Crippen molar-refractivity contribution >= 4 is 65.2 Å². The van der Waals surface area contributed by atoms with Crippen LogP contribution in [0.1, 0.15) is 6.42 Å². The average molecular weight is 250 g/mol. The molecule has 0 aliphatic heterocycles. The average Bonchev–Trinajstić information content (AvgIpc) is 2.01. The van der Waals surface area contributed by atoms with E-state index in [1.165, 1.54) is 0 Å². The van der Waals surface area contributed by atoms with Crippen LogP contribution in [0.25, 0.3) is 0 Å². The summed E-state index contributed by atoms with van der Waals surface area (Å²) in [4.78, 5) is 26.9. The number of carbonyl (C=O) groups is 1. The number of hydrogen-bond acceptors (Lipinski definition) is 4. The third-order valence-corrected chi connectivity index (χ3v) is 1.48. The molecule has 0 amide bonds. The summed E-state index contributed by atoms with van der Waals surface area (Å²) in [6, 6.07) is 0. The minimum absolute atomic E-state index is 0. The van der Waals surface area contributed by atoms with Crippen LogP contribution in [0, 0.1) is 0 Å². The quantitative estimate of drug-likeness (QED) is 0.218. The maximum atomic E-state index is 10.4. The van der Waals surface area contributed by atoms with Gasteiger partial charge in [0.25, 0.3) is 0 Å². The predicted molar refractivity (Wildman–Crippen MR) is 50.9 cm³/mol. The zero-order valence-electron chi connectivity index (χ0n) is 6.88. The molecule has 0 atom stereocenters. The van der Waals surface area contributed by atoms with E-state index in [9.17, 15) is 9.36 Å². The zero-order valence-corrected chi connectivity index (χ0v) is 7.77. The molecule has 0 unspecified atom stereocenters. The molecule has 0 radical (unpaired) electrons. The molecule has 6 nitrogen and oxygen atoms in total. The van der Waals surface area contributed by atoms with Gasteiger partial charge < -0.3 is 14.5 Å². The third-order valence-electron chi connectivity index (χ3n) is 0.959. The summed E-state index contributed by atoms with van der Waals surface area (Å²) in [6.07, 6.45) is 1.23. The van der Waals surface area contributed by atoms with Crippen LogP contribution in [-0.2, 0) is 18.6 Å². The van der Waals surface area contributed by atoms with Crippen LogP contribution in [0.15, 0.2) is 12.7 Å². The summed E-state index contributed by atoms with van der Waals surface area (Å²) in [7, 11) is -4.40. The first kappa shape index (κ1) is 17.4. The number of ether oxygens (including phenoxy) is 1. The summed E-state index contributed by atoms with van der Waals surface area (Å²) in [5.74, 6) is -0.573. The minimum atomic E-state index is -4.40. The fraction of sp³-hybridized carbons (Fsp3) is 0.500. The van der Waals surface area contributed by atoms with E-state index >= 15 is 0 Å². The van der Waals surface area contributed by atoms with E-state index < -0.39 is 13.8 Å². The Balaban J connectivity index is 0. The number of phosphoric acid groups is 1. The van der Waals surface area contributed by atoms with Gasteiger partial charge in [-0.1, -0.05) is 6.58 Å². The van der Waals surface area contributed by atoms with E-state index in [0.717, 1.165) is 6.08 Å². The zero-order chi connectivity index (χ0) is 10.3. The Labute approximate surface area is 124 Å². The Bertz CT molecular complexity index is 224. The SMILES string of the molecule is C=CC(=O)OCCCOP(=O)(O)O.[KH]. The van der Waals surface area contributed by atoms with Crippen LogP contribution in [0.2, 0.25) is 0 Å². The van der Waals surface area contributed by atoms with Gasteiger partial charge in [0.1, 0.15) is 0 Å². The van der Waals surface area contributed by atoms with Gasteiger partial charge in [0, 0.05) is 12.5 Å². The Morgan fingerprint density at radius 2 is 2.00 bits per heavy atom. The van der Waals surface area contributed by atoms with E-state index in [0.29, 0.717) is 0 Å². The van der Waals surface area contributed by atoms with Gasteiger partial charge in [-0.05, 0) is 0 Å². The Morgan fingerprint density at radius 1 is 1.43 bits per heavy atom. The number of carbonyl (C=O) groups excluding carboxylic acids is 1. The van der Waals surface area contributed by atoms with Crippen molar-refractivity contribution in [3.63, 3.8) is 0 Å². The molecule has 0 bridgehead atoms. The van der Waals surface area contributed by atoms with Crippen LogP contribution in [0.3, 0.4) is 0 Å². The molecule has 0 fully saturated rings. The van der Waals surface area contributed by atoms with E-state index in [1.54, 1.807) is 0 Å². The van der Waals surface area contributed by atoms with Gasteiger partial charge >= 0.3 is 65.2 Å². The summed E-state index contributed by atoms with van der Waals surface area (Å²) < 4.78 is 18.7. The summed E-state index contributed by atoms with van der Waals surface area (Å²) in [5, 5.41) is 0. The van der Waals surface area contributed by atoms with Crippen molar-refractivity contribution in [3.8, 4) is 0 Å². The molecule has 0 aromatic rings. The first-order chi connectivity index (χ1) is 5.95.